The summed E-state index contributed by atoms with van der Waals surface area (Å²) in [5, 5.41) is 15.0. The molecule has 0 radical (unpaired) electrons. The molecule has 1 heterocycles. The topological polar surface area (TPSA) is 100 Å². The van der Waals surface area contributed by atoms with Gasteiger partial charge in [0.1, 0.15) is 5.82 Å². The van der Waals surface area contributed by atoms with Crippen molar-refractivity contribution < 1.29 is 28.6 Å². The van der Waals surface area contributed by atoms with E-state index in [2.05, 4.69) is 29.4 Å². The summed E-state index contributed by atoms with van der Waals surface area (Å²) in [5.74, 6) is 0.0581. The quantitative estimate of drug-likeness (QED) is 0.342. The molecule has 0 bridgehead atoms. The number of rotatable bonds is 9. The van der Waals surface area contributed by atoms with Crippen LogP contribution in [0, 0.1) is 17.7 Å². The van der Waals surface area contributed by atoms with Crippen molar-refractivity contribution in [2.24, 2.45) is 11.8 Å². The van der Waals surface area contributed by atoms with E-state index in [-0.39, 0.29) is 36.9 Å². The highest BCUT2D eigenvalue weighted by Gasteiger charge is 2.42. The number of nitrogens with one attached hydrogen (secondary N) is 2. The van der Waals surface area contributed by atoms with Crippen LogP contribution in [0.2, 0.25) is 0 Å². The number of carbonyl (C=O) groups is 2. The van der Waals surface area contributed by atoms with Crippen molar-refractivity contribution >= 4 is 29.1 Å². The zero-order chi connectivity index (χ0) is 26.8. The molecule has 2 aromatic carbocycles. The molecule has 0 saturated heterocycles. The highest BCUT2D eigenvalue weighted by Crippen LogP contribution is 2.52. The number of ether oxygens (including phenoxy) is 2. The zero-order valence-electron chi connectivity index (χ0n) is 22.0. The Kier molecular flexibility index (Phi) is 7.63. The van der Waals surface area contributed by atoms with Crippen molar-refractivity contribution in [1.82, 2.24) is 0 Å². The Hall–Kier alpha value is -3.49. The maximum Gasteiger partial charge on any atom is 0.323 e. The summed E-state index contributed by atoms with van der Waals surface area (Å²) in [6.07, 6.45) is 6.17. The van der Waals surface area contributed by atoms with Crippen molar-refractivity contribution in [3.8, 4) is 11.5 Å². The van der Waals surface area contributed by atoms with E-state index in [0.29, 0.717) is 46.5 Å². The van der Waals surface area contributed by atoms with Crippen LogP contribution < -0.4 is 25.0 Å². The number of carboxylic acids is 1. The Morgan fingerprint density at radius 2 is 1.84 bits per heavy atom. The van der Waals surface area contributed by atoms with Crippen LogP contribution >= 0.6 is 0 Å². The summed E-state index contributed by atoms with van der Waals surface area (Å²) in [6.45, 7) is 5.16. The lowest BCUT2D eigenvalue weighted by Crippen LogP contribution is -2.40. The number of fused-ring (bicyclic) bond motifs is 1. The molecule has 8 nitrogen and oxygen atoms in total. The number of amides is 2. The zero-order valence-corrected chi connectivity index (χ0v) is 22.0. The largest absolute Gasteiger partial charge is 0.481 e. The molecule has 0 unspecified atom stereocenters. The van der Waals surface area contributed by atoms with Crippen molar-refractivity contribution in [3.63, 3.8) is 0 Å². The van der Waals surface area contributed by atoms with Crippen LogP contribution in [0.4, 0.5) is 26.2 Å². The van der Waals surface area contributed by atoms with E-state index in [1.54, 1.807) is 30.3 Å². The van der Waals surface area contributed by atoms with Gasteiger partial charge in [0, 0.05) is 30.8 Å². The fraction of sp³-hybridized carbons (Fsp3) is 0.517. The van der Waals surface area contributed by atoms with Crippen LogP contribution in [0.15, 0.2) is 30.3 Å². The van der Waals surface area contributed by atoms with Gasteiger partial charge >= 0.3 is 12.0 Å². The summed E-state index contributed by atoms with van der Waals surface area (Å²) < 4.78 is 26.3. The first-order valence-electron chi connectivity index (χ1n) is 13.6. The van der Waals surface area contributed by atoms with E-state index in [1.165, 1.54) is 6.42 Å². The van der Waals surface area contributed by atoms with Gasteiger partial charge in [0.2, 0.25) is 6.79 Å². The van der Waals surface area contributed by atoms with Crippen LogP contribution in [0.5, 0.6) is 11.5 Å². The van der Waals surface area contributed by atoms with Crippen LogP contribution in [0.25, 0.3) is 0 Å². The molecule has 2 fully saturated rings. The predicted molar refractivity (Wildman–Crippen MR) is 144 cm³/mol. The molecule has 0 spiro atoms. The summed E-state index contributed by atoms with van der Waals surface area (Å²) in [7, 11) is 0. The molecular formula is C29H36FN3O5. The average Bonchev–Trinajstić information content (AvgIpc) is 3.45. The molecule has 2 aliphatic carbocycles. The number of anilines is 3. The Labute approximate surface area is 222 Å². The first-order valence-corrected chi connectivity index (χ1v) is 13.6. The van der Waals surface area contributed by atoms with Gasteiger partial charge in [-0.15, -0.1) is 0 Å². The smallest absolute Gasteiger partial charge is 0.323 e. The highest BCUT2D eigenvalue weighted by molar-refractivity contribution is 6.02. The molecule has 3 aliphatic rings. The first-order chi connectivity index (χ1) is 18.3. The standard InChI is InChI=1S/C29H36FN3O5/c1-17(2)15-33(20-6-4-3-5-7-20)25-14-23(30)22(21-10-18(21)11-28(34)35)13-24(25)32-29(36)31-19-8-9-26-27(12-19)38-16-37-26/h8-9,12-14,17-18,20-21H,3-7,10-11,15-16H2,1-2H3,(H,34,35)(H2,31,32,36)/t18-,21-/m0/s1. The van der Waals surface area contributed by atoms with E-state index in [9.17, 15) is 14.7 Å². The lowest BCUT2D eigenvalue weighted by Gasteiger charge is -2.38. The van der Waals surface area contributed by atoms with Crippen molar-refractivity contribution in [2.75, 3.05) is 28.9 Å². The lowest BCUT2D eigenvalue weighted by atomic mass is 9.92. The van der Waals surface area contributed by atoms with Gasteiger partial charge in [-0.1, -0.05) is 33.1 Å². The van der Waals surface area contributed by atoms with E-state index >= 15 is 4.39 Å². The third-order valence-corrected chi connectivity index (χ3v) is 7.64. The molecular weight excluding hydrogens is 489 g/mol. The van der Waals surface area contributed by atoms with Gasteiger partial charge in [0.05, 0.1) is 11.4 Å². The fourth-order valence-corrected chi connectivity index (χ4v) is 5.77. The second kappa shape index (κ2) is 11.1. The number of carbonyl (C=O) groups excluding carboxylic acids is 1. The molecule has 1 aliphatic heterocycles. The molecule has 2 atom stereocenters. The van der Waals surface area contributed by atoms with Crippen molar-refractivity contribution in [2.45, 2.75) is 70.8 Å². The van der Waals surface area contributed by atoms with E-state index in [4.69, 9.17) is 9.47 Å². The predicted octanol–water partition coefficient (Wildman–Crippen LogP) is 6.57. The Morgan fingerprint density at radius 3 is 2.58 bits per heavy atom. The maximum absolute atomic E-state index is 15.6. The van der Waals surface area contributed by atoms with Gasteiger partial charge in [-0.3, -0.25) is 4.79 Å². The number of aliphatic carboxylic acids is 1. The lowest BCUT2D eigenvalue weighted by molar-refractivity contribution is -0.137. The average molecular weight is 526 g/mol. The van der Waals surface area contributed by atoms with Gasteiger partial charge in [0.15, 0.2) is 11.5 Å². The minimum absolute atomic E-state index is 0.0147. The second-order valence-electron chi connectivity index (χ2n) is 11.1. The van der Waals surface area contributed by atoms with Gasteiger partial charge in [0.25, 0.3) is 0 Å². The number of benzene rings is 2. The van der Waals surface area contributed by atoms with Gasteiger partial charge in [-0.2, -0.15) is 0 Å². The summed E-state index contributed by atoms with van der Waals surface area (Å²) >= 11 is 0. The first kappa shape index (κ1) is 26.1. The highest BCUT2D eigenvalue weighted by atomic mass is 19.1. The third kappa shape index (κ3) is 5.97. The molecule has 2 saturated carbocycles. The van der Waals surface area contributed by atoms with E-state index in [1.807, 2.05) is 0 Å². The molecule has 0 aromatic heterocycles. The summed E-state index contributed by atoms with van der Waals surface area (Å²) in [4.78, 5) is 26.6. The molecule has 204 valence electrons. The third-order valence-electron chi connectivity index (χ3n) is 7.64. The van der Waals surface area contributed by atoms with Crippen molar-refractivity contribution in [1.29, 1.82) is 0 Å². The SMILES string of the molecule is CC(C)CN(c1cc(F)c([C@H]2C[C@H]2CC(=O)O)cc1NC(=O)Nc1ccc2c(c1)OCO2)C1CCCCC1. The Morgan fingerprint density at radius 1 is 1.08 bits per heavy atom. The maximum atomic E-state index is 15.6. The van der Waals surface area contributed by atoms with Crippen LogP contribution in [-0.4, -0.2) is 36.5 Å². The Balaban J connectivity index is 1.44. The summed E-state index contributed by atoms with van der Waals surface area (Å²) in [5.41, 5.74) is 2.21. The van der Waals surface area contributed by atoms with E-state index in [0.717, 1.165) is 32.2 Å². The number of urea groups is 1. The monoisotopic (exact) mass is 525 g/mol. The minimum atomic E-state index is -0.878. The van der Waals surface area contributed by atoms with E-state index < -0.39 is 12.0 Å². The Bertz CT molecular complexity index is 1200. The molecule has 5 rings (SSSR count). The van der Waals surface area contributed by atoms with Crippen LogP contribution in [0.1, 0.15) is 70.3 Å². The fourth-order valence-electron chi connectivity index (χ4n) is 5.77. The van der Waals surface area contributed by atoms with Gasteiger partial charge in [-0.05, 0) is 66.8 Å². The van der Waals surface area contributed by atoms with Crippen LogP contribution in [-0.2, 0) is 4.79 Å². The number of halogens is 1. The molecule has 3 N–H and O–H groups in total. The number of carboxylic acid groups (broad SMARTS) is 1. The van der Waals surface area contributed by atoms with Crippen molar-refractivity contribution in [3.05, 3.63) is 41.7 Å². The molecule has 9 heteroatoms. The minimum Gasteiger partial charge on any atom is -0.481 e. The summed E-state index contributed by atoms with van der Waals surface area (Å²) in [6, 6.07) is 8.25. The number of hydrogen-bond donors (Lipinski definition) is 3. The second-order valence-corrected chi connectivity index (χ2v) is 11.1. The number of hydrogen-bond acceptors (Lipinski definition) is 5. The molecule has 2 amide bonds. The van der Waals surface area contributed by atoms with Gasteiger partial charge < -0.3 is 30.1 Å². The molecule has 2 aromatic rings. The van der Waals surface area contributed by atoms with Crippen LogP contribution in [0.3, 0.4) is 0 Å². The molecule has 38 heavy (non-hydrogen) atoms. The van der Waals surface area contributed by atoms with Gasteiger partial charge in [-0.25, -0.2) is 9.18 Å². The number of nitrogens with zero attached hydrogens (tertiary/aromatic N) is 1. The normalized spacial score (nSPS) is 20.3.